The Morgan fingerprint density at radius 3 is 2.55 bits per heavy atom. The molecule has 0 unspecified atom stereocenters. The average Bonchev–Trinajstić information content (AvgIpc) is 2.74. The first-order chi connectivity index (χ1) is 9.61. The number of hydrogen-bond donors (Lipinski definition) is 1. The summed E-state index contributed by atoms with van der Waals surface area (Å²) in [5.41, 5.74) is 3.51. The summed E-state index contributed by atoms with van der Waals surface area (Å²) < 4.78 is 5.93. The molecule has 0 amide bonds. The molecule has 1 aromatic carbocycles. The summed E-state index contributed by atoms with van der Waals surface area (Å²) in [6.45, 7) is 7.81. The second-order valence-electron chi connectivity index (χ2n) is 4.97. The van der Waals surface area contributed by atoms with Crippen molar-refractivity contribution in [1.29, 1.82) is 0 Å². The number of aromatic nitrogens is 1. The van der Waals surface area contributed by atoms with Crippen LogP contribution in [0.15, 0.2) is 18.2 Å². The van der Waals surface area contributed by atoms with Crippen LogP contribution in [-0.4, -0.2) is 18.6 Å². The van der Waals surface area contributed by atoms with Crippen molar-refractivity contribution in [3.05, 3.63) is 44.9 Å². The summed E-state index contributed by atoms with van der Waals surface area (Å²) in [6, 6.07) is 6.23. The quantitative estimate of drug-likeness (QED) is 0.885. The molecular formula is C16H22N2OS. The fourth-order valence-corrected chi connectivity index (χ4v) is 3.25. The maximum Gasteiger partial charge on any atom is 0.125 e. The number of para-hydroxylation sites is 1. The highest BCUT2D eigenvalue weighted by atomic mass is 32.1. The molecule has 0 bridgehead atoms. The number of aryl methyl sites for hydroxylation is 3. The van der Waals surface area contributed by atoms with Gasteiger partial charge < -0.3 is 10.1 Å². The van der Waals surface area contributed by atoms with Crippen LogP contribution in [-0.2, 0) is 13.0 Å². The van der Waals surface area contributed by atoms with Crippen molar-refractivity contribution >= 4 is 11.3 Å². The van der Waals surface area contributed by atoms with E-state index < -0.39 is 0 Å². The van der Waals surface area contributed by atoms with E-state index in [2.05, 4.69) is 49.3 Å². The van der Waals surface area contributed by atoms with E-state index in [-0.39, 0.29) is 0 Å². The number of thiazole rings is 1. The van der Waals surface area contributed by atoms with Gasteiger partial charge in [0.15, 0.2) is 0 Å². The van der Waals surface area contributed by atoms with E-state index >= 15 is 0 Å². The molecule has 108 valence electrons. The molecule has 1 heterocycles. The van der Waals surface area contributed by atoms with Crippen LogP contribution >= 0.6 is 11.3 Å². The Bertz CT molecular complexity index is 558. The lowest BCUT2D eigenvalue weighted by Crippen LogP contribution is -2.04. The van der Waals surface area contributed by atoms with E-state index in [1.807, 2.05) is 7.05 Å². The molecule has 0 aliphatic carbocycles. The van der Waals surface area contributed by atoms with E-state index in [1.165, 1.54) is 16.0 Å². The molecule has 0 saturated carbocycles. The van der Waals surface area contributed by atoms with E-state index in [4.69, 9.17) is 4.74 Å². The Kier molecular flexibility index (Phi) is 5.15. The Hall–Kier alpha value is -1.39. The van der Waals surface area contributed by atoms with Gasteiger partial charge in [0.05, 0.1) is 17.3 Å². The molecule has 4 heteroatoms. The number of nitrogens with zero attached hydrogens (tertiary/aromatic N) is 1. The molecule has 1 N–H and O–H groups in total. The first-order valence-corrected chi connectivity index (χ1v) is 7.72. The van der Waals surface area contributed by atoms with Crippen LogP contribution in [0.4, 0.5) is 0 Å². The first-order valence-electron chi connectivity index (χ1n) is 6.90. The van der Waals surface area contributed by atoms with Crippen molar-refractivity contribution in [2.45, 2.75) is 33.7 Å². The molecule has 0 saturated heterocycles. The molecular weight excluding hydrogens is 268 g/mol. The molecule has 20 heavy (non-hydrogen) atoms. The first kappa shape index (κ1) is 15.0. The van der Waals surface area contributed by atoms with Gasteiger partial charge in [-0.1, -0.05) is 18.2 Å². The molecule has 0 spiro atoms. The van der Waals surface area contributed by atoms with Gasteiger partial charge in [-0.3, -0.25) is 0 Å². The lowest BCUT2D eigenvalue weighted by Gasteiger charge is -2.10. The Morgan fingerprint density at radius 2 is 1.90 bits per heavy atom. The van der Waals surface area contributed by atoms with Gasteiger partial charge in [-0.15, -0.1) is 11.3 Å². The average molecular weight is 290 g/mol. The monoisotopic (exact) mass is 290 g/mol. The third-order valence-electron chi connectivity index (χ3n) is 3.25. The van der Waals surface area contributed by atoms with Gasteiger partial charge in [0.25, 0.3) is 0 Å². The largest absolute Gasteiger partial charge is 0.493 e. The molecule has 0 aliphatic heterocycles. The normalized spacial score (nSPS) is 10.8. The summed E-state index contributed by atoms with van der Waals surface area (Å²) in [7, 11) is 1.96. The lowest BCUT2D eigenvalue weighted by atomic mass is 10.1. The van der Waals surface area contributed by atoms with Crippen molar-refractivity contribution in [2.24, 2.45) is 0 Å². The number of ether oxygens (including phenoxy) is 1. The zero-order valence-electron chi connectivity index (χ0n) is 12.6. The second-order valence-corrected chi connectivity index (χ2v) is 6.13. The van der Waals surface area contributed by atoms with Crippen molar-refractivity contribution in [1.82, 2.24) is 10.3 Å². The lowest BCUT2D eigenvalue weighted by molar-refractivity contribution is 0.317. The summed E-state index contributed by atoms with van der Waals surface area (Å²) >= 11 is 1.77. The van der Waals surface area contributed by atoms with Crippen LogP contribution in [0, 0.1) is 20.8 Å². The van der Waals surface area contributed by atoms with Crippen molar-refractivity contribution in [2.75, 3.05) is 13.7 Å². The second kappa shape index (κ2) is 6.86. The van der Waals surface area contributed by atoms with Gasteiger partial charge in [0.2, 0.25) is 0 Å². The third-order valence-corrected chi connectivity index (χ3v) is 4.46. The zero-order chi connectivity index (χ0) is 14.5. The fourth-order valence-electron chi connectivity index (χ4n) is 2.19. The number of rotatable bonds is 6. The van der Waals surface area contributed by atoms with Gasteiger partial charge in [-0.05, 0) is 38.9 Å². The smallest absolute Gasteiger partial charge is 0.125 e. The molecule has 0 atom stereocenters. The standard InChI is InChI=1S/C16H22N2OS/c1-11-6-5-7-12(2)16(11)19-9-8-15-18-13(3)14(20-15)10-17-4/h5-7,17H,8-10H2,1-4H3. The maximum absolute atomic E-state index is 5.93. The highest BCUT2D eigenvalue weighted by molar-refractivity contribution is 7.11. The SMILES string of the molecule is CNCc1sc(CCOc2c(C)cccc2C)nc1C. The molecule has 0 aliphatic rings. The van der Waals surface area contributed by atoms with Gasteiger partial charge in [0, 0.05) is 17.8 Å². The summed E-state index contributed by atoms with van der Waals surface area (Å²) in [6.07, 6.45) is 0.864. The van der Waals surface area contributed by atoms with Gasteiger partial charge in [0.1, 0.15) is 5.75 Å². The Labute approximate surface area is 125 Å². The number of benzene rings is 1. The molecule has 3 nitrogen and oxygen atoms in total. The molecule has 0 fully saturated rings. The minimum absolute atomic E-state index is 0.678. The Balaban J connectivity index is 1.94. The van der Waals surface area contributed by atoms with Crippen LogP contribution in [0.1, 0.15) is 26.7 Å². The maximum atomic E-state index is 5.93. The van der Waals surface area contributed by atoms with Crippen LogP contribution in [0.3, 0.4) is 0 Å². The predicted octanol–water partition coefficient (Wildman–Crippen LogP) is 3.41. The third kappa shape index (κ3) is 3.58. The highest BCUT2D eigenvalue weighted by Gasteiger charge is 2.08. The van der Waals surface area contributed by atoms with Crippen LogP contribution in [0.2, 0.25) is 0 Å². The molecule has 1 aromatic heterocycles. The van der Waals surface area contributed by atoms with E-state index in [9.17, 15) is 0 Å². The van der Waals surface area contributed by atoms with E-state index in [0.717, 1.165) is 29.4 Å². The number of hydrogen-bond acceptors (Lipinski definition) is 4. The van der Waals surface area contributed by atoms with Crippen molar-refractivity contribution in [3.8, 4) is 5.75 Å². The van der Waals surface area contributed by atoms with Gasteiger partial charge >= 0.3 is 0 Å². The number of nitrogens with one attached hydrogen (secondary N) is 1. The predicted molar refractivity (Wildman–Crippen MR) is 84.7 cm³/mol. The van der Waals surface area contributed by atoms with Crippen LogP contribution in [0.25, 0.3) is 0 Å². The highest BCUT2D eigenvalue weighted by Crippen LogP contribution is 2.23. The van der Waals surface area contributed by atoms with Crippen molar-refractivity contribution < 1.29 is 4.74 Å². The van der Waals surface area contributed by atoms with E-state index in [0.29, 0.717) is 6.61 Å². The zero-order valence-corrected chi connectivity index (χ0v) is 13.4. The summed E-state index contributed by atoms with van der Waals surface area (Å²) in [4.78, 5) is 5.92. The Morgan fingerprint density at radius 1 is 1.20 bits per heavy atom. The van der Waals surface area contributed by atoms with Gasteiger partial charge in [-0.2, -0.15) is 0 Å². The molecule has 2 rings (SSSR count). The molecule has 2 aromatic rings. The fraction of sp³-hybridized carbons (Fsp3) is 0.438. The van der Waals surface area contributed by atoms with Crippen molar-refractivity contribution in [3.63, 3.8) is 0 Å². The van der Waals surface area contributed by atoms with E-state index in [1.54, 1.807) is 11.3 Å². The summed E-state index contributed by atoms with van der Waals surface area (Å²) in [5.74, 6) is 1.01. The van der Waals surface area contributed by atoms with Crippen LogP contribution < -0.4 is 10.1 Å². The minimum Gasteiger partial charge on any atom is -0.493 e. The summed E-state index contributed by atoms with van der Waals surface area (Å²) in [5, 5.41) is 4.33. The topological polar surface area (TPSA) is 34.1 Å². The van der Waals surface area contributed by atoms with Gasteiger partial charge in [-0.25, -0.2) is 4.98 Å². The molecule has 0 radical (unpaired) electrons. The minimum atomic E-state index is 0.678. The van der Waals surface area contributed by atoms with Crippen LogP contribution in [0.5, 0.6) is 5.75 Å².